The molecule has 0 bridgehead atoms. The van der Waals surface area contributed by atoms with E-state index in [1.54, 1.807) is 18.5 Å². The van der Waals surface area contributed by atoms with Gasteiger partial charge < -0.3 is 0 Å². The Kier molecular flexibility index (Phi) is 23.6. The topological polar surface area (TPSA) is 101 Å². The molecular formula is C134H142N12+6. The summed E-state index contributed by atoms with van der Waals surface area (Å²) in [6, 6.07) is 75.3. The fourth-order valence-corrected chi connectivity index (χ4v) is 24.6. The van der Waals surface area contributed by atoms with Crippen molar-refractivity contribution < 1.29 is 35.6 Å². The molecule has 6 aliphatic carbocycles. The minimum absolute atomic E-state index is 0.0446. The summed E-state index contributed by atoms with van der Waals surface area (Å²) in [6.45, 7) is 49.1. The number of fused-ring (bicyclic) bond motifs is 18. The number of benzene rings is 6. The molecule has 0 N–H and O–H groups in total. The van der Waals surface area contributed by atoms with Crippen molar-refractivity contribution in [2.24, 2.45) is 42.3 Å². The fourth-order valence-electron chi connectivity index (χ4n) is 24.6. The van der Waals surface area contributed by atoms with E-state index in [1.165, 1.54) is 207 Å². The highest BCUT2D eigenvalue weighted by molar-refractivity contribution is 5.93. The summed E-state index contributed by atoms with van der Waals surface area (Å²) >= 11 is 0. The SMILES string of the molecule is Cc1cc(-c2c(C)ccc3c2C(C)(C)c2cccnc2-3)[n+](C)cc1C.Cc1cc[n+](C)c(-c2c(C)ccc3c2C(C)(C)c2cccnc2-3)c1.Cc1cc[n+](C)c(-c2c(C)ccc3c2C(C)(C)c2cccnc2-3)c1.Cc1ccc2c(c1-c1cccc(C)[n+]1C)C(C)(C)c1cccnc1-2.[2H]C([2H])([2H])c1c[n+](C)c(-c2c(C)ccc3c2C(C)(C)c2cccnc2-3)cc1C.[2H]C([2H])([2H])c1ccc(-c2c(C)ccc3c2C(C)(C)c2cccnc2-3)[n+](C)c1. The largest absolute Gasteiger partial charge is 0.256 e. The Balaban J connectivity index is 0.000000114. The third-order valence-electron chi connectivity index (χ3n) is 32.6. The highest BCUT2D eigenvalue weighted by Crippen LogP contribution is 2.59. The third-order valence-corrected chi connectivity index (χ3v) is 32.6. The highest BCUT2D eigenvalue weighted by atomic mass is 15.0. The zero-order valence-electron chi connectivity index (χ0n) is 96.9. The first-order valence-corrected chi connectivity index (χ1v) is 51.2. The molecule has 0 saturated carbocycles. The quantitative estimate of drug-likeness (QED) is 0.154. The van der Waals surface area contributed by atoms with Gasteiger partial charge in [-0.15, -0.1) is 0 Å². The average molecular weight is 1930 g/mol. The molecule has 12 heteroatoms. The van der Waals surface area contributed by atoms with Crippen molar-refractivity contribution in [2.45, 2.75) is 212 Å². The lowest BCUT2D eigenvalue weighted by Crippen LogP contribution is -2.35. The lowest BCUT2D eigenvalue weighted by Gasteiger charge is -2.24. The van der Waals surface area contributed by atoms with E-state index in [2.05, 4.69) is 398 Å². The maximum absolute atomic E-state index is 7.81. The molecule has 12 nitrogen and oxygen atoms in total. The minimum Gasteiger partial charge on any atom is -0.256 e. The van der Waals surface area contributed by atoms with Gasteiger partial charge in [0.25, 0.3) is 0 Å². The molecule has 12 aromatic heterocycles. The zero-order valence-corrected chi connectivity index (χ0v) is 90.9. The molecule has 6 aliphatic rings. The van der Waals surface area contributed by atoms with Crippen LogP contribution in [0.1, 0.15) is 236 Å². The highest BCUT2D eigenvalue weighted by Gasteiger charge is 2.48. The number of rotatable bonds is 6. The van der Waals surface area contributed by atoms with Gasteiger partial charge in [0.05, 0.1) is 67.5 Å². The summed E-state index contributed by atoms with van der Waals surface area (Å²) in [6.07, 6.45) is 21.3. The standard InChI is InChI=1S/2C23H25N2.4C22H23N2/c2*1-14-9-10-17-21(23(4,5)18-8-7-11-24-22(17)18)20(14)19-12-15(2)16(3)13-25(19)6;1-14-11-12-16-20(19(14)18-10-6-8-15(2)24(18)5)22(3,4)17-9-7-13-23-21(16)17;1-14-8-11-18(24(5)13-14)19-15(2)9-10-16-20(19)22(3,4)17-7-6-12-23-21(16)17;2*1-14-10-12-24(5)18(13-14)19-15(2)8-9-16-20(19)22(3,4)17-7-6-11-23-21(16)17/h2*7-13H,1-6H3;4*6-13H,1-5H3/q6*+1/i3D3;;;1D3;;. The second-order valence-electron chi connectivity index (χ2n) is 44.7. The van der Waals surface area contributed by atoms with Crippen LogP contribution in [0.4, 0.5) is 0 Å². The molecule has 0 atom stereocenters. The van der Waals surface area contributed by atoms with Crippen LogP contribution < -0.4 is 27.4 Å². The Labute approximate surface area is 875 Å². The van der Waals surface area contributed by atoms with Crippen LogP contribution in [-0.4, -0.2) is 29.9 Å². The maximum atomic E-state index is 7.81. The van der Waals surface area contributed by atoms with E-state index in [4.69, 9.17) is 28.2 Å². The van der Waals surface area contributed by atoms with Crippen molar-refractivity contribution in [3.63, 3.8) is 0 Å². The van der Waals surface area contributed by atoms with E-state index < -0.39 is 13.7 Å². The number of pyridine rings is 12. The van der Waals surface area contributed by atoms with Gasteiger partial charge in [0.15, 0.2) is 36.7 Å². The van der Waals surface area contributed by atoms with Crippen molar-refractivity contribution in [3.05, 3.63) is 425 Å². The first kappa shape index (κ1) is 92.3. The molecule has 0 radical (unpaired) electrons. The van der Waals surface area contributed by atoms with Gasteiger partial charge in [-0.05, 0) is 261 Å². The van der Waals surface area contributed by atoms with Crippen molar-refractivity contribution >= 4 is 0 Å². The molecule has 12 heterocycles. The van der Waals surface area contributed by atoms with Crippen LogP contribution in [0.2, 0.25) is 0 Å². The van der Waals surface area contributed by atoms with Gasteiger partial charge in [0, 0.05) is 189 Å². The van der Waals surface area contributed by atoms with Crippen molar-refractivity contribution in [3.8, 4) is 135 Å². The maximum Gasteiger partial charge on any atom is 0.213 e. The van der Waals surface area contributed by atoms with Crippen molar-refractivity contribution in [1.29, 1.82) is 0 Å². The first-order chi connectivity index (χ1) is 71.7. The molecule has 0 fully saturated rings. The Morgan fingerprint density at radius 3 is 0.753 bits per heavy atom. The van der Waals surface area contributed by atoms with Crippen molar-refractivity contribution in [2.75, 3.05) is 0 Å². The molecule has 0 spiro atoms. The van der Waals surface area contributed by atoms with Crippen LogP contribution in [0.5, 0.6) is 0 Å². The van der Waals surface area contributed by atoms with Crippen LogP contribution in [-0.2, 0) is 74.8 Å². The fraction of sp³-hybridized carbons (Fsp3) is 0.284. The smallest absolute Gasteiger partial charge is 0.213 e. The molecule has 0 aliphatic heterocycles. The van der Waals surface area contributed by atoms with Gasteiger partial charge in [-0.3, -0.25) is 29.9 Å². The third kappa shape index (κ3) is 16.5. The summed E-state index contributed by atoms with van der Waals surface area (Å²) in [5.74, 6) is 0. The summed E-state index contributed by atoms with van der Waals surface area (Å²) in [5, 5.41) is 0. The number of aryl methyl sites for hydroxylation is 19. The second-order valence-corrected chi connectivity index (χ2v) is 44.7. The summed E-state index contributed by atoms with van der Waals surface area (Å²) in [5.41, 5.74) is 59.9. The van der Waals surface area contributed by atoms with Gasteiger partial charge in [0.2, 0.25) is 34.2 Å². The van der Waals surface area contributed by atoms with Crippen LogP contribution in [0.15, 0.2) is 280 Å². The van der Waals surface area contributed by atoms with Gasteiger partial charge in [-0.2, -0.15) is 4.57 Å². The Hall–Kier alpha value is -14.9. The van der Waals surface area contributed by atoms with E-state index in [0.717, 1.165) is 62.2 Å². The summed E-state index contributed by atoms with van der Waals surface area (Å²) < 4.78 is 59.3. The monoisotopic (exact) mass is 1930 g/mol. The number of hydrogen-bond acceptors (Lipinski definition) is 6. The van der Waals surface area contributed by atoms with Gasteiger partial charge >= 0.3 is 0 Å². The van der Waals surface area contributed by atoms with Gasteiger partial charge in [0.1, 0.15) is 42.3 Å². The predicted octanol–water partition coefficient (Wildman–Crippen LogP) is 27.6. The molecular weight excluding hydrogens is 1780 g/mol. The zero-order chi connectivity index (χ0) is 109. The molecule has 18 aromatic rings. The second kappa shape index (κ2) is 37.3. The Morgan fingerprint density at radius 1 is 0.212 bits per heavy atom. The lowest BCUT2D eigenvalue weighted by atomic mass is 9.78. The molecule has 0 unspecified atom stereocenters. The average Bonchev–Trinajstić information content (AvgIpc) is 1.57. The van der Waals surface area contributed by atoms with Crippen LogP contribution in [0.25, 0.3) is 135 Å². The predicted molar refractivity (Wildman–Crippen MR) is 597 cm³/mol. The Bertz CT molecular complexity index is 8370. The molecule has 0 amide bonds. The Morgan fingerprint density at radius 2 is 0.473 bits per heavy atom. The first-order valence-electron chi connectivity index (χ1n) is 54.2. The van der Waals surface area contributed by atoms with E-state index in [9.17, 15) is 0 Å². The normalized spacial score (nSPS) is 15.1. The molecule has 0 saturated heterocycles. The van der Waals surface area contributed by atoms with Crippen LogP contribution >= 0.6 is 0 Å². The summed E-state index contributed by atoms with van der Waals surface area (Å²) in [4.78, 5) is 28.1. The van der Waals surface area contributed by atoms with Gasteiger partial charge in [-0.1, -0.05) is 192 Å². The number of hydrogen-bond donors (Lipinski definition) is 0. The molecule has 6 aromatic carbocycles. The van der Waals surface area contributed by atoms with Crippen LogP contribution in [0, 0.1) is 96.8 Å². The van der Waals surface area contributed by atoms with E-state index in [0.29, 0.717) is 11.1 Å². The molecule has 146 heavy (non-hydrogen) atoms. The summed E-state index contributed by atoms with van der Waals surface area (Å²) in [7, 11) is 12.4. The van der Waals surface area contributed by atoms with E-state index >= 15 is 0 Å². The minimum atomic E-state index is -2.12. The number of aromatic nitrogens is 12. The van der Waals surface area contributed by atoms with Crippen molar-refractivity contribution in [1.82, 2.24) is 29.9 Å². The molecule has 732 valence electrons. The van der Waals surface area contributed by atoms with Crippen LogP contribution in [0.3, 0.4) is 0 Å². The van der Waals surface area contributed by atoms with Gasteiger partial charge in [-0.25, -0.2) is 22.8 Å². The lowest BCUT2D eigenvalue weighted by molar-refractivity contribution is -0.666. The van der Waals surface area contributed by atoms with E-state index in [-0.39, 0.29) is 32.5 Å². The number of nitrogens with zero attached hydrogens (tertiary/aromatic N) is 12. The van der Waals surface area contributed by atoms with E-state index in [1.807, 2.05) is 110 Å². The molecule has 24 rings (SSSR count).